The third-order valence-electron chi connectivity index (χ3n) is 18.2. The quantitative estimate of drug-likeness (QED) is 0.0114. The van der Waals surface area contributed by atoms with Crippen LogP contribution in [0, 0.1) is 63.9 Å². The molecule has 0 aliphatic carbocycles. The second kappa shape index (κ2) is 47.3. The van der Waals surface area contributed by atoms with Gasteiger partial charge in [0, 0.05) is 115 Å². The van der Waals surface area contributed by atoms with E-state index in [0.29, 0.717) is 51.3 Å². The molecule has 35 heteroatoms. The number of nitrogens with one attached hydrogen (secondary N) is 4. The van der Waals surface area contributed by atoms with Gasteiger partial charge >= 0.3 is 24.1 Å². The van der Waals surface area contributed by atoms with Crippen molar-refractivity contribution in [3.05, 3.63) is 167 Å². The predicted molar refractivity (Wildman–Crippen MR) is 522 cm³/mol. The molecule has 676 valence electrons. The summed E-state index contributed by atoms with van der Waals surface area (Å²) in [5.41, 5.74) is 28.2. The number of ether oxygens (including phenoxy) is 4. The number of ketones is 1. The molecule has 1 saturated heterocycles. The van der Waals surface area contributed by atoms with Crippen molar-refractivity contribution in [3.63, 3.8) is 0 Å². The molecular weight excluding hydrogens is 1780 g/mol. The molecule has 0 radical (unpaired) electrons. The number of thiophene rings is 3. The Kier molecular flexibility index (Phi) is 37.7. The minimum atomic E-state index is -0.562. The highest BCUT2D eigenvalue weighted by Gasteiger charge is 2.34. The number of fused-ring (bicyclic) bond motifs is 7. The first-order chi connectivity index (χ1) is 60.4. The van der Waals surface area contributed by atoms with Crippen molar-refractivity contribution in [2.45, 2.75) is 204 Å². The number of piperidine rings is 1. The summed E-state index contributed by atoms with van der Waals surface area (Å²) in [5.74, 6) is -0.871. The number of carbonyl (C=O) groups excluding carboxylic acids is 8. The number of Topliss-reactive ketones (excluding diaryl/α,β-unsaturated/α-hetero) is 1. The second-order valence-electron chi connectivity index (χ2n) is 32.9. The number of nitrogens with zero attached hydrogens (tertiary/aromatic N) is 9. The normalized spacial score (nSPS) is 13.0. The summed E-state index contributed by atoms with van der Waals surface area (Å²) in [7, 11) is 0. The molecule has 4 aliphatic heterocycles. The van der Waals surface area contributed by atoms with E-state index in [9.17, 15) is 38.4 Å². The molecule has 16 rings (SSSR count). The highest BCUT2D eigenvalue weighted by atomic mass is 32.1. The van der Waals surface area contributed by atoms with Crippen LogP contribution in [0.4, 0.5) is 30.3 Å². The molecule has 5 aromatic carbocycles. The number of hydrogen-bond acceptors (Lipinski definition) is 30. The number of aryl methyl sites for hydroxylation is 5. The lowest BCUT2D eigenvalue weighted by molar-refractivity contribution is -0.156. The van der Waals surface area contributed by atoms with E-state index in [1.807, 2.05) is 100 Å². The van der Waals surface area contributed by atoms with Gasteiger partial charge in [0.2, 0.25) is 11.8 Å². The number of nitrogens with two attached hydrogens (primary N) is 2. The summed E-state index contributed by atoms with van der Waals surface area (Å²) in [6.07, 6.45) is 3.77. The van der Waals surface area contributed by atoms with Crippen LogP contribution < -0.4 is 32.7 Å². The van der Waals surface area contributed by atoms with E-state index in [1.54, 1.807) is 90.8 Å². The van der Waals surface area contributed by atoms with E-state index >= 15 is 0 Å². The molecule has 12 aromatic rings. The van der Waals surface area contributed by atoms with Crippen molar-refractivity contribution in [1.82, 2.24) is 40.4 Å². The van der Waals surface area contributed by atoms with Crippen LogP contribution in [-0.4, -0.2) is 134 Å². The molecule has 4 amide bonds. The molecule has 27 nitrogen and oxygen atoms in total. The van der Waals surface area contributed by atoms with Gasteiger partial charge in [-0.1, -0.05) is 30.3 Å². The van der Waals surface area contributed by atoms with E-state index in [2.05, 4.69) is 147 Å². The van der Waals surface area contributed by atoms with Crippen molar-refractivity contribution in [2.75, 3.05) is 61.4 Å². The lowest BCUT2D eigenvalue weighted by Gasteiger charge is -2.30. The first kappa shape index (κ1) is 102. The number of thiazole rings is 4. The van der Waals surface area contributed by atoms with Crippen molar-refractivity contribution >= 4 is 202 Å². The standard InChI is InChI=1S/C22H25N3O3S2.C20H23N3O2S2.C17H17N3OS2.C10H8N2S.C7H9NS.C5H9NO.C5H10O2.C4H6O3.C3H2N2/c1-12-6-7-16-15(10-12)24-20(29-16)18-14-8-9-25(21(27)28-22(3,4)5)11-17(14)30-19(18)23-13(2)26;1-11-5-6-14-13(9-11)22-18(27-14)16-12-7-8-23(10-15(12)26-17(16)21)19(24)25-20(2,3)4;1-9-3-4-13-12(7-9)20-17(22-13)15-11-5-6-18-8-14(11)23-16(15)19-10(2)21;1-7-2-3-9-8(6-7)12-10(13-9)4-5-11;1-5-2-3-7(9)6(8)4-5;7-5-1-3-6-4-2-5;1-5(2,3)7-4-6;1-3(5)7-4(2)6;1-5-3-2-4/h6-7,10H,8-9,11H2,1-5H3,(H,23,26);5-6,9H,7-8,10,21H2,1-4H3;3-4,7,18H,5-6,8H2,1-2H3,(H,19,21);2-3,6H,4H2,1H3;2-4,9H,8H2,1H3;6H,1-4H2;4H,1-3H3;1-2H3;3H2. The second-order valence-corrected chi connectivity index (χ2v) is 40.9. The first-order valence-electron chi connectivity index (χ1n) is 41.0. The van der Waals surface area contributed by atoms with E-state index in [1.165, 1.54) is 90.9 Å². The van der Waals surface area contributed by atoms with Gasteiger partial charge in [-0.25, -0.2) is 36.1 Å². The van der Waals surface area contributed by atoms with Crippen LogP contribution in [0.25, 0.3) is 77.4 Å². The van der Waals surface area contributed by atoms with Gasteiger partial charge in [-0.05, 0) is 228 Å². The Morgan fingerprint density at radius 2 is 0.930 bits per heavy atom. The zero-order valence-electron chi connectivity index (χ0n) is 75.2. The van der Waals surface area contributed by atoms with Crippen LogP contribution in [0.15, 0.2) is 95.9 Å². The summed E-state index contributed by atoms with van der Waals surface area (Å²) >= 11 is 15.5. The molecule has 0 atom stereocenters. The van der Waals surface area contributed by atoms with E-state index in [-0.39, 0.29) is 36.1 Å². The number of nitriles is 2. The first-order valence-corrected chi connectivity index (χ1v) is 47.1. The number of thiol groups is 1. The summed E-state index contributed by atoms with van der Waals surface area (Å²) in [6.45, 7) is 44.7. The fourth-order valence-corrected chi connectivity index (χ4v) is 20.7. The zero-order valence-corrected chi connectivity index (χ0v) is 81.8. The number of amides is 4. The molecule has 8 N–H and O–H groups in total. The van der Waals surface area contributed by atoms with Crippen molar-refractivity contribution in [1.29, 1.82) is 10.5 Å². The number of rotatable bonds is 7. The summed E-state index contributed by atoms with van der Waals surface area (Å²) in [6, 6.07) is 34.7. The zero-order chi connectivity index (χ0) is 94.1. The number of anilines is 4. The van der Waals surface area contributed by atoms with Gasteiger partial charge in [-0.2, -0.15) is 10.5 Å². The molecule has 1 fully saturated rings. The lowest BCUT2D eigenvalue weighted by Crippen LogP contribution is -2.39. The summed E-state index contributed by atoms with van der Waals surface area (Å²) < 4.78 is 24.2. The fourth-order valence-electron chi connectivity index (χ4n) is 12.7. The van der Waals surface area contributed by atoms with Crippen LogP contribution in [0.1, 0.15) is 167 Å². The van der Waals surface area contributed by atoms with Crippen LogP contribution in [0.5, 0.6) is 0 Å². The van der Waals surface area contributed by atoms with Crippen molar-refractivity contribution < 1.29 is 57.3 Å². The lowest BCUT2D eigenvalue weighted by atomic mass is 10.0. The van der Waals surface area contributed by atoms with E-state index in [0.717, 1.165) is 155 Å². The Hall–Kier alpha value is -11.1. The number of hydrogen-bond donors (Lipinski definition) is 7. The highest BCUT2D eigenvalue weighted by Crippen LogP contribution is 2.49. The molecule has 11 heterocycles. The van der Waals surface area contributed by atoms with Gasteiger partial charge in [0.05, 0.1) is 71.4 Å². The third-order valence-corrected chi connectivity index (χ3v) is 26.2. The molecule has 4 aliphatic rings. The minimum Gasteiger partial charge on any atom is -0.462 e. The SMILES string of the molecule is CC(=O)Nc1sc2c(c1-c1nc3cc(C)ccc3s1)CCN(C(=O)OC(C)(C)C)C2.CC(=O)Nc1sc2c(c1-c1nc3cc(C)ccc3s1)CCNC2.CC(=O)OC(C)=O.CC(C)(C)OC=O.Cc1ccc(S)c(N)c1.Cc1ccc2sc(-c3c(N)sc4c3CCN(C(=O)OC(C)(C)C)C4)nc2c1.Cc1ccc2sc(CC#N)nc2c1.O=C1CCNCC1.[C-]#[N+]CC#N. The van der Waals surface area contributed by atoms with Gasteiger partial charge in [-0.3, -0.25) is 28.8 Å². The molecule has 0 unspecified atom stereocenters. The maximum absolute atomic E-state index is 12.5. The average molecular weight is 1890 g/mol. The van der Waals surface area contributed by atoms with Crippen LogP contribution in [-0.2, 0) is 93.0 Å². The average Bonchev–Trinajstić information content (AvgIpc) is 1.62. The third kappa shape index (κ3) is 31.4. The Bertz CT molecular complexity index is 6080. The van der Waals surface area contributed by atoms with Gasteiger partial charge in [0.1, 0.15) is 58.7 Å². The van der Waals surface area contributed by atoms with Gasteiger partial charge in [0.15, 0.2) is 0 Å². The molecule has 0 bridgehead atoms. The monoisotopic (exact) mass is 1880 g/mol. The summed E-state index contributed by atoms with van der Waals surface area (Å²) in [4.78, 5) is 118. The topological polar surface area (TPSA) is 384 Å². The Labute approximate surface area is 780 Å². The summed E-state index contributed by atoms with van der Waals surface area (Å²) in [5, 5.41) is 34.9. The number of nitrogen functional groups attached to an aromatic ring is 2. The number of aromatic nitrogens is 4. The minimum absolute atomic E-state index is 0.0139. The molecule has 7 aromatic heterocycles. The maximum Gasteiger partial charge on any atom is 0.410 e. The van der Waals surface area contributed by atoms with Crippen molar-refractivity contribution in [3.8, 4) is 43.9 Å². The molecular formula is C93H109N15O12S8. The van der Waals surface area contributed by atoms with Gasteiger partial charge < -0.3 is 66.3 Å². The Morgan fingerprint density at radius 3 is 1.29 bits per heavy atom. The Balaban J connectivity index is 0.000000190. The molecule has 0 spiro atoms. The molecule has 0 saturated carbocycles. The van der Waals surface area contributed by atoms with Crippen molar-refractivity contribution in [2.24, 2.45) is 0 Å². The maximum atomic E-state index is 12.5. The Morgan fingerprint density at radius 1 is 0.531 bits per heavy atom. The number of benzene rings is 5. The smallest absolute Gasteiger partial charge is 0.410 e. The van der Waals surface area contributed by atoms with Crippen LogP contribution in [0.2, 0.25) is 0 Å². The van der Waals surface area contributed by atoms with Crippen LogP contribution >= 0.6 is 92.0 Å². The fraction of sp³-hybridized carbons (Fsp3) is 0.387. The van der Waals surface area contributed by atoms with Gasteiger partial charge in [-0.15, -0.1) is 92.0 Å². The molecule has 128 heavy (non-hydrogen) atoms. The van der Waals surface area contributed by atoms with Crippen LogP contribution in [0.3, 0.4) is 0 Å². The largest absolute Gasteiger partial charge is 0.462 e. The van der Waals surface area contributed by atoms with Gasteiger partial charge in [0.25, 0.3) is 13.0 Å². The van der Waals surface area contributed by atoms with E-state index in [4.69, 9.17) is 53.0 Å². The predicted octanol–water partition coefficient (Wildman–Crippen LogP) is 20.7. The number of carbonyl (C=O) groups is 8. The van der Waals surface area contributed by atoms with E-state index < -0.39 is 23.1 Å². The highest BCUT2D eigenvalue weighted by molar-refractivity contribution is 7.80. The number of esters is 2.